The molecule has 0 aliphatic heterocycles. The number of carbonyl (C=O) groups excluding carboxylic acids is 1. The zero-order chi connectivity index (χ0) is 15.4. The maximum atomic E-state index is 12.8. The minimum absolute atomic E-state index is 0.0183. The first-order valence-corrected chi connectivity index (χ1v) is 6.17. The Morgan fingerprint density at radius 1 is 1.29 bits per heavy atom. The number of pyridine rings is 1. The molecule has 1 aromatic heterocycles. The summed E-state index contributed by atoms with van der Waals surface area (Å²) in [6.07, 6.45) is 0. The van der Waals surface area contributed by atoms with Gasteiger partial charge >= 0.3 is 0 Å². The highest BCUT2D eigenvalue weighted by Gasteiger charge is 2.10. The van der Waals surface area contributed by atoms with E-state index in [9.17, 15) is 14.0 Å². The highest BCUT2D eigenvalue weighted by atomic mass is 19.1. The molecule has 0 saturated heterocycles. The SMILES string of the molecule is Cc1ccc(C#N)c(=O)n1CC(=O)Nc1ccc(F)cc1. The van der Waals surface area contributed by atoms with Crippen molar-refractivity contribution < 1.29 is 9.18 Å². The van der Waals surface area contributed by atoms with E-state index in [1.54, 1.807) is 19.1 Å². The van der Waals surface area contributed by atoms with Crippen LogP contribution in [0, 0.1) is 24.1 Å². The molecule has 6 heteroatoms. The summed E-state index contributed by atoms with van der Waals surface area (Å²) in [6.45, 7) is 1.46. The zero-order valence-corrected chi connectivity index (χ0v) is 11.3. The van der Waals surface area contributed by atoms with E-state index in [2.05, 4.69) is 5.32 Å². The topological polar surface area (TPSA) is 74.9 Å². The average Bonchev–Trinajstić information content (AvgIpc) is 2.46. The van der Waals surface area contributed by atoms with E-state index in [1.807, 2.05) is 0 Å². The van der Waals surface area contributed by atoms with Crippen LogP contribution < -0.4 is 10.9 Å². The van der Waals surface area contributed by atoms with Gasteiger partial charge in [-0.1, -0.05) is 0 Å². The van der Waals surface area contributed by atoms with Crippen molar-refractivity contribution in [3.63, 3.8) is 0 Å². The van der Waals surface area contributed by atoms with Crippen LogP contribution in [0.25, 0.3) is 0 Å². The number of anilines is 1. The van der Waals surface area contributed by atoms with Crippen molar-refractivity contribution in [2.24, 2.45) is 0 Å². The number of hydrogen-bond donors (Lipinski definition) is 1. The molecule has 21 heavy (non-hydrogen) atoms. The van der Waals surface area contributed by atoms with Crippen LogP contribution in [-0.4, -0.2) is 10.5 Å². The summed E-state index contributed by atoms with van der Waals surface area (Å²) >= 11 is 0. The third-order valence-electron chi connectivity index (χ3n) is 2.94. The maximum absolute atomic E-state index is 12.8. The molecule has 1 heterocycles. The fourth-order valence-electron chi connectivity index (χ4n) is 1.83. The Morgan fingerprint density at radius 3 is 2.57 bits per heavy atom. The Bertz CT molecular complexity index is 773. The van der Waals surface area contributed by atoms with Gasteiger partial charge in [0.25, 0.3) is 5.56 Å². The monoisotopic (exact) mass is 285 g/mol. The lowest BCUT2D eigenvalue weighted by molar-refractivity contribution is -0.116. The summed E-state index contributed by atoms with van der Waals surface area (Å²) in [6, 6.07) is 10.1. The van der Waals surface area contributed by atoms with Gasteiger partial charge in [0.05, 0.1) is 0 Å². The van der Waals surface area contributed by atoms with Crippen LogP contribution in [0.5, 0.6) is 0 Å². The fraction of sp³-hybridized carbons (Fsp3) is 0.133. The van der Waals surface area contributed by atoms with Crippen LogP contribution in [0.4, 0.5) is 10.1 Å². The predicted octanol–water partition coefficient (Wildman–Crippen LogP) is 1.81. The number of hydrogen-bond acceptors (Lipinski definition) is 3. The Labute approximate surface area is 120 Å². The van der Waals surface area contributed by atoms with Gasteiger partial charge in [0.15, 0.2) is 0 Å². The zero-order valence-electron chi connectivity index (χ0n) is 11.3. The third kappa shape index (κ3) is 3.34. The first-order chi connectivity index (χ1) is 10.0. The molecule has 2 aromatic rings. The Kier molecular flexibility index (Phi) is 4.14. The molecule has 0 fully saturated rings. The number of aromatic nitrogens is 1. The van der Waals surface area contributed by atoms with Gasteiger partial charge in [0, 0.05) is 11.4 Å². The Morgan fingerprint density at radius 2 is 1.95 bits per heavy atom. The number of carbonyl (C=O) groups is 1. The summed E-state index contributed by atoms with van der Waals surface area (Å²) in [5.41, 5.74) is 0.485. The molecule has 0 unspecified atom stereocenters. The van der Waals surface area contributed by atoms with Gasteiger partial charge in [-0.15, -0.1) is 0 Å². The maximum Gasteiger partial charge on any atom is 0.269 e. The normalized spacial score (nSPS) is 9.95. The number of amides is 1. The third-order valence-corrected chi connectivity index (χ3v) is 2.94. The van der Waals surface area contributed by atoms with Crippen molar-refractivity contribution in [3.8, 4) is 6.07 Å². The van der Waals surface area contributed by atoms with Crippen LogP contribution >= 0.6 is 0 Å². The van der Waals surface area contributed by atoms with E-state index in [4.69, 9.17) is 5.26 Å². The molecule has 0 radical (unpaired) electrons. The quantitative estimate of drug-likeness (QED) is 0.934. The first-order valence-electron chi connectivity index (χ1n) is 6.17. The number of aryl methyl sites for hydroxylation is 1. The van der Waals surface area contributed by atoms with Gasteiger partial charge in [-0.2, -0.15) is 5.26 Å². The van der Waals surface area contributed by atoms with E-state index < -0.39 is 17.3 Å². The summed E-state index contributed by atoms with van der Waals surface area (Å²) in [5.74, 6) is -0.830. The van der Waals surface area contributed by atoms with E-state index in [0.29, 0.717) is 11.4 Å². The van der Waals surface area contributed by atoms with Crippen molar-refractivity contribution in [1.29, 1.82) is 5.26 Å². The van der Waals surface area contributed by atoms with Crippen LogP contribution in [-0.2, 0) is 11.3 Å². The molecule has 5 nitrogen and oxygen atoms in total. The van der Waals surface area contributed by atoms with Crippen molar-refractivity contribution in [1.82, 2.24) is 4.57 Å². The number of nitriles is 1. The van der Waals surface area contributed by atoms with E-state index in [0.717, 1.165) is 0 Å². The minimum Gasteiger partial charge on any atom is -0.325 e. The van der Waals surface area contributed by atoms with Crippen LogP contribution in [0.2, 0.25) is 0 Å². The van der Waals surface area contributed by atoms with E-state index in [-0.39, 0.29) is 12.1 Å². The summed E-state index contributed by atoms with van der Waals surface area (Å²) in [4.78, 5) is 23.9. The molecule has 2 rings (SSSR count). The lowest BCUT2D eigenvalue weighted by atomic mass is 10.2. The summed E-state index contributed by atoms with van der Waals surface area (Å²) in [5, 5.41) is 11.4. The molecule has 0 atom stereocenters. The van der Waals surface area contributed by atoms with Gasteiger partial charge in [0.2, 0.25) is 5.91 Å². The molecule has 0 bridgehead atoms. The van der Waals surface area contributed by atoms with Gasteiger partial charge in [-0.3, -0.25) is 9.59 Å². The predicted molar refractivity (Wildman–Crippen MR) is 75.2 cm³/mol. The van der Waals surface area contributed by atoms with Crippen LogP contribution in [0.3, 0.4) is 0 Å². The molecule has 0 spiro atoms. The summed E-state index contributed by atoms with van der Waals surface area (Å²) < 4.78 is 14.0. The number of rotatable bonds is 3. The molecule has 1 N–H and O–H groups in total. The lowest BCUT2D eigenvalue weighted by Gasteiger charge is -2.10. The number of halogens is 1. The van der Waals surface area contributed by atoms with Crippen molar-refractivity contribution >= 4 is 11.6 Å². The molecule has 106 valence electrons. The minimum atomic E-state index is -0.508. The number of nitrogens with zero attached hydrogens (tertiary/aromatic N) is 2. The smallest absolute Gasteiger partial charge is 0.269 e. The summed E-state index contributed by atoms with van der Waals surface area (Å²) in [7, 11) is 0. The van der Waals surface area contributed by atoms with Crippen molar-refractivity contribution in [2.45, 2.75) is 13.5 Å². The van der Waals surface area contributed by atoms with Gasteiger partial charge in [-0.05, 0) is 43.3 Å². The fourth-order valence-corrected chi connectivity index (χ4v) is 1.83. The highest BCUT2D eigenvalue weighted by Crippen LogP contribution is 2.08. The average molecular weight is 285 g/mol. The number of nitrogens with one attached hydrogen (secondary N) is 1. The molecule has 1 aromatic carbocycles. The van der Waals surface area contributed by atoms with Gasteiger partial charge in [-0.25, -0.2) is 4.39 Å². The van der Waals surface area contributed by atoms with E-state index >= 15 is 0 Å². The molecular weight excluding hydrogens is 273 g/mol. The van der Waals surface area contributed by atoms with Crippen molar-refractivity contribution in [2.75, 3.05) is 5.32 Å². The lowest BCUT2D eigenvalue weighted by Crippen LogP contribution is -2.30. The molecule has 1 amide bonds. The second-order valence-electron chi connectivity index (χ2n) is 4.45. The van der Waals surface area contributed by atoms with Gasteiger partial charge < -0.3 is 9.88 Å². The van der Waals surface area contributed by atoms with Crippen molar-refractivity contribution in [3.05, 3.63) is 63.8 Å². The Balaban J connectivity index is 2.19. The second kappa shape index (κ2) is 6.01. The van der Waals surface area contributed by atoms with Crippen LogP contribution in [0.1, 0.15) is 11.3 Å². The molecule has 0 aliphatic carbocycles. The Hall–Kier alpha value is -2.94. The van der Waals surface area contributed by atoms with E-state index in [1.165, 1.54) is 34.9 Å². The molecule has 0 aliphatic rings. The largest absolute Gasteiger partial charge is 0.325 e. The number of benzene rings is 1. The van der Waals surface area contributed by atoms with Crippen LogP contribution in [0.15, 0.2) is 41.2 Å². The van der Waals surface area contributed by atoms with Gasteiger partial charge in [0.1, 0.15) is 24.0 Å². The highest BCUT2D eigenvalue weighted by molar-refractivity contribution is 5.90. The first kappa shape index (κ1) is 14.5. The molecule has 0 saturated carbocycles. The molecular formula is C15H12FN3O2. The second-order valence-corrected chi connectivity index (χ2v) is 4.45. The standard InChI is InChI=1S/C15H12FN3O2/c1-10-2-3-11(8-17)15(21)19(10)9-14(20)18-13-6-4-12(16)5-7-13/h2-7H,9H2,1H3,(H,18,20).